The highest BCUT2D eigenvalue weighted by atomic mass is 16.3. The molecule has 19 heavy (non-hydrogen) atoms. The van der Waals surface area contributed by atoms with Gasteiger partial charge in [-0.1, -0.05) is 0 Å². The summed E-state index contributed by atoms with van der Waals surface area (Å²) in [7, 11) is 0. The second-order valence-electron chi connectivity index (χ2n) is 5.90. The highest BCUT2D eigenvalue weighted by Crippen LogP contribution is 2.49. The average molecular weight is 260 g/mol. The summed E-state index contributed by atoms with van der Waals surface area (Å²) in [6.07, 6.45) is 7.11. The van der Waals surface area contributed by atoms with Crippen LogP contribution in [0.5, 0.6) is 0 Å². The van der Waals surface area contributed by atoms with Gasteiger partial charge in [-0.05, 0) is 49.7 Å². The molecule has 1 spiro atoms. The van der Waals surface area contributed by atoms with Crippen LogP contribution in [0.15, 0.2) is 18.5 Å². The molecule has 2 fully saturated rings. The van der Waals surface area contributed by atoms with Crippen LogP contribution < -0.4 is 0 Å². The molecule has 102 valence electrons. The van der Waals surface area contributed by atoms with Crippen molar-refractivity contribution < 1.29 is 9.90 Å². The van der Waals surface area contributed by atoms with E-state index in [1.54, 1.807) is 12.4 Å². The van der Waals surface area contributed by atoms with Gasteiger partial charge in [0.1, 0.15) is 0 Å². The Morgan fingerprint density at radius 2 is 2.16 bits per heavy atom. The van der Waals surface area contributed by atoms with Crippen LogP contribution in [0.2, 0.25) is 0 Å². The molecule has 0 radical (unpaired) electrons. The van der Waals surface area contributed by atoms with E-state index in [0.717, 1.165) is 44.3 Å². The van der Waals surface area contributed by atoms with Crippen LogP contribution in [0.3, 0.4) is 0 Å². The van der Waals surface area contributed by atoms with Crippen LogP contribution in [-0.4, -0.2) is 40.1 Å². The molecule has 1 amide bonds. The zero-order chi connectivity index (χ0) is 13.5. The molecular weight excluding hydrogens is 240 g/mol. The molecule has 0 bridgehead atoms. The summed E-state index contributed by atoms with van der Waals surface area (Å²) in [5, 5.41) is 9.90. The lowest BCUT2D eigenvalue weighted by Crippen LogP contribution is -2.53. The largest absolute Gasteiger partial charge is 0.393 e. The van der Waals surface area contributed by atoms with E-state index in [0.29, 0.717) is 5.56 Å². The summed E-state index contributed by atoms with van der Waals surface area (Å²) < 4.78 is 0. The van der Waals surface area contributed by atoms with E-state index in [2.05, 4.69) is 4.98 Å². The van der Waals surface area contributed by atoms with Gasteiger partial charge in [0.05, 0.1) is 11.7 Å². The Morgan fingerprint density at radius 1 is 1.42 bits per heavy atom. The van der Waals surface area contributed by atoms with Gasteiger partial charge in [0.2, 0.25) is 0 Å². The van der Waals surface area contributed by atoms with Crippen molar-refractivity contribution in [2.24, 2.45) is 5.41 Å². The summed E-state index contributed by atoms with van der Waals surface area (Å²) >= 11 is 0. The number of aromatic nitrogens is 1. The number of piperidine rings is 1. The first-order valence-electron chi connectivity index (χ1n) is 7.00. The van der Waals surface area contributed by atoms with Crippen LogP contribution in [0.4, 0.5) is 0 Å². The Morgan fingerprint density at radius 3 is 2.68 bits per heavy atom. The third-order valence-electron chi connectivity index (χ3n) is 4.94. The number of rotatable bonds is 1. The number of pyridine rings is 1. The van der Waals surface area contributed by atoms with Gasteiger partial charge in [-0.3, -0.25) is 9.78 Å². The number of carbonyl (C=O) groups excluding carboxylic acids is 1. The van der Waals surface area contributed by atoms with E-state index in [-0.39, 0.29) is 17.4 Å². The Labute approximate surface area is 113 Å². The van der Waals surface area contributed by atoms with Gasteiger partial charge in [0, 0.05) is 25.5 Å². The Kier molecular flexibility index (Phi) is 3.05. The molecule has 1 aromatic rings. The number of hydrogen-bond donors (Lipinski definition) is 1. The summed E-state index contributed by atoms with van der Waals surface area (Å²) in [6.45, 7) is 3.45. The predicted molar refractivity (Wildman–Crippen MR) is 71.8 cm³/mol. The van der Waals surface area contributed by atoms with Gasteiger partial charge in [-0.25, -0.2) is 0 Å². The molecule has 1 unspecified atom stereocenters. The molecule has 1 atom stereocenters. The fourth-order valence-electron chi connectivity index (χ4n) is 3.28. The van der Waals surface area contributed by atoms with Gasteiger partial charge in [-0.2, -0.15) is 0 Å². The maximum Gasteiger partial charge on any atom is 0.255 e. The molecule has 1 saturated heterocycles. The molecule has 4 nitrogen and oxygen atoms in total. The van der Waals surface area contributed by atoms with Crippen molar-refractivity contribution in [2.75, 3.05) is 13.1 Å². The second-order valence-corrected chi connectivity index (χ2v) is 5.90. The van der Waals surface area contributed by atoms with Crippen LogP contribution in [0.25, 0.3) is 0 Å². The molecule has 1 saturated carbocycles. The number of aliphatic hydroxyl groups excluding tert-OH is 1. The fraction of sp³-hybridized carbons (Fsp3) is 0.600. The first-order chi connectivity index (χ1) is 9.12. The maximum atomic E-state index is 12.4. The van der Waals surface area contributed by atoms with E-state index in [1.807, 2.05) is 17.9 Å². The predicted octanol–water partition coefficient (Wildman–Crippen LogP) is 1.77. The molecule has 4 heteroatoms. The average Bonchev–Trinajstić information content (AvgIpc) is 2.45. The Hall–Kier alpha value is -1.42. The molecular formula is C15H20N2O2. The van der Waals surface area contributed by atoms with Crippen LogP contribution in [0, 0.1) is 12.3 Å². The van der Waals surface area contributed by atoms with Crippen molar-refractivity contribution in [3.63, 3.8) is 0 Å². The van der Waals surface area contributed by atoms with Gasteiger partial charge in [0.25, 0.3) is 5.91 Å². The first kappa shape index (κ1) is 12.6. The van der Waals surface area contributed by atoms with Crippen molar-refractivity contribution in [3.05, 3.63) is 29.6 Å². The quantitative estimate of drug-likeness (QED) is 0.837. The van der Waals surface area contributed by atoms with Crippen molar-refractivity contribution in [1.29, 1.82) is 0 Å². The maximum absolute atomic E-state index is 12.4. The SMILES string of the molecule is Cc1ccncc1C(=O)N1CCC2(CCC2O)CC1. The monoisotopic (exact) mass is 260 g/mol. The highest BCUT2D eigenvalue weighted by molar-refractivity contribution is 5.95. The lowest BCUT2D eigenvalue weighted by Gasteiger charge is -2.51. The number of amides is 1. The molecule has 1 aromatic heterocycles. The molecule has 2 aliphatic rings. The zero-order valence-corrected chi connectivity index (χ0v) is 11.3. The third-order valence-corrected chi connectivity index (χ3v) is 4.94. The Balaban J connectivity index is 1.69. The summed E-state index contributed by atoms with van der Waals surface area (Å²) in [5.74, 6) is 0.0780. The molecule has 2 heterocycles. The van der Waals surface area contributed by atoms with Gasteiger partial charge < -0.3 is 10.0 Å². The molecule has 1 N–H and O–H groups in total. The highest BCUT2D eigenvalue weighted by Gasteiger charge is 2.47. The lowest BCUT2D eigenvalue weighted by molar-refractivity contribution is -0.0952. The fourth-order valence-corrected chi connectivity index (χ4v) is 3.28. The third kappa shape index (κ3) is 2.04. The number of likely N-dealkylation sites (tertiary alicyclic amines) is 1. The summed E-state index contributed by atoms with van der Waals surface area (Å²) in [4.78, 5) is 18.4. The number of aliphatic hydroxyl groups is 1. The smallest absolute Gasteiger partial charge is 0.255 e. The van der Waals surface area contributed by atoms with E-state index in [1.165, 1.54) is 0 Å². The summed E-state index contributed by atoms with van der Waals surface area (Å²) in [5.41, 5.74) is 1.79. The Bertz CT molecular complexity index is 493. The second kappa shape index (κ2) is 4.60. The minimum Gasteiger partial charge on any atom is -0.393 e. The minimum absolute atomic E-state index is 0.0780. The first-order valence-corrected chi connectivity index (χ1v) is 7.00. The van der Waals surface area contributed by atoms with E-state index in [9.17, 15) is 9.90 Å². The van der Waals surface area contributed by atoms with Gasteiger partial charge in [-0.15, -0.1) is 0 Å². The molecule has 1 aliphatic heterocycles. The molecule has 0 aromatic carbocycles. The van der Waals surface area contributed by atoms with Crippen molar-refractivity contribution in [1.82, 2.24) is 9.88 Å². The van der Waals surface area contributed by atoms with Gasteiger partial charge in [0.15, 0.2) is 0 Å². The number of nitrogens with zero attached hydrogens (tertiary/aromatic N) is 2. The summed E-state index contributed by atoms with van der Waals surface area (Å²) in [6, 6.07) is 1.87. The van der Waals surface area contributed by atoms with Crippen molar-refractivity contribution >= 4 is 5.91 Å². The minimum atomic E-state index is -0.148. The number of aryl methyl sites for hydroxylation is 1. The van der Waals surface area contributed by atoms with Crippen LogP contribution in [-0.2, 0) is 0 Å². The lowest BCUT2D eigenvalue weighted by atomic mass is 9.61. The molecule has 1 aliphatic carbocycles. The van der Waals surface area contributed by atoms with E-state index < -0.39 is 0 Å². The van der Waals surface area contributed by atoms with E-state index in [4.69, 9.17) is 0 Å². The van der Waals surface area contributed by atoms with Gasteiger partial charge >= 0.3 is 0 Å². The zero-order valence-electron chi connectivity index (χ0n) is 11.3. The number of carbonyl (C=O) groups is 1. The van der Waals surface area contributed by atoms with Crippen LogP contribution in [0.1, 0.15) is 41.6 Å². The normalized spacial score (nSPS) is 25.2. The molecule has 3 rings (SSSR count). The van der Waals surface area contributed by atoms with Crippen LogP contribution >= 0.6 is 0 Å². The number of hydrogen-bond acceptors (Lipinski definition) is 3. The van der Waals surface area contributed by atoms with E-state index >= 15 is 0 Å². The standard InChI is InChI=1S/C15H20N2O2/c1-11-3-7-16-10-12(11)14(19)17-8-5-15(6-9-17)4-2-13(15)18/h3,7,10,13,18H,2,4-6,8-9H2,1H3. The van der Waals surface area contributed by atoms with Crippen molar-refractivity contribution in [2.45, 2.75) is 38.7 Å². The van der Waals surface area contributed by atoms with Crippen molar-refractivity contribution in [3.8, 4) is 0 Å². The topological polar surface area (TPSA) is 53.4 Å².